The predicted molar refractivity (Wildman–Crippen MR) is 151 cm³/mol. The number of hydrogen-bond acceptors (Lipinski definition) is 9. The van der Waals surface area contributed by atoms with E-state index in [9.17, 15) is 14.4 Å². The molecule has 11 nitrogen and oxygen atoms in total. The second-order valence-electron chi connectivity index (χ2n) is 10.2. The fourth-order valence-corrected chi connectivity index (χ4v) is 4.96. The zero-order valence-corrected chi connectivity index (χ0v) is 24.1. The molecule has 2 aromatic rings. The molecule has 6 atom stereocenters. The van der Waals surface area contributed by atoms with Crippen LogP contribution in [0.2, 0.25) is 0 Å². The second kappa shape index (κ2) is 16.3. The van der Waals surface area contributed by atoms with E-state index in [1.807, 2.05) is 60.7 Å². The Hall–Kier alpha value is -3.35. The third kappa shape index (κ3) is 9.33. The van der Waals surface area contributed by atoms with Crippen molar-refractivity contribution in [2.45, 2.75) is 76.1 Å². The molecule has 1 unspecified atom stereocenters. The maximum absolute atomic E-state index is 12.3. The number of rotatable bonds is 14. The number of esters is 1. The number of carbonyl (C=O) groups excluding carboxylic acids is 3. The Labute approximate surface area is 246 Å². The van der Waals surface area contributed by atoms with Gasteiger partial charge in [0, 0.05) is 31.9 Å². The quantitative estimate of drug-likeness (QED) is 0.254. The SMILES string of the molecule is COC(=O)CCCCC(=O)NCCO[C@H]1O[C@@H]2COC(c3ccccc3)O[C@@H]2[C@H](OCc2ccccc2)[C@H]1NC(C)=O. The average molecular weight is 585 g/mol. The van der Waals surface area contributed by atoms with E-state index in [-0.39, 0.29) is 44.0 Å². The van der Waals surface area contributed by atoms with Crippen molar-refractivity contribution in [3.8, 4) is 0 Å². The molecule has 228 valence electrons. The van der Waals surface area contributed by atoms with Crippen molar-refractivity contribution in [3.05, 3.63) is 71.8 Å². The zero-order valence-electron chi connectivity index (χ0n) is 24.1. The lowest BCUT2D eigenvalue weighted by Gasteiger charge is -2.49. The first-order chi connectivity index (χ1) is 20.4. The number of hydrogen-bond donors (Lipinski definition) is 2. The molecular formula is C31H40N2O9. The minimum Gasteiger partial charge on any atom is -0.469 e. The minimum absolute atomic E-state index is 0.142. The first-order valence-corrected chi connectivity index (χ1v) is 14.3. The maximum Gasteiger partial charge on any atom is 0.305 e. The van der Waals surface area contributed by atoms with Gasteiger partial charge >= 0.3 is 5.97 Å². The number of benzene rings is 2. The number of ether oxygens (including phenoxy) is 6. The van der Waals surface area contributed by atoms with Gasteiger partial charge in [-0.05, 0) is 18.4 Å². The number of nitrogens with one attached hydrogen (secondary N) is 2. The Bertz CT molecular complexity index is 1130. The molecule has 0 radical (unpaired) electrons. The Kier molecular flexibility index (Phi) is 12.3. The number of methoxy groups -OCH3 is 1. The first kappa shape index (κ1) is 31.6. The Morgan fingerprint density at radius 1 is 0.929 bits per heavy atom. The van der Waals surface area contributed by atoms with E-state index in [0.717, 1.165) is 11.1 Å². The Balaban J connectivity index is 1.39. The molecule has 42 heavy (non-hydrogen) atoms. The molecular weight excluding hydrogens is 544 g/mol. The van der Waals surface area contributed by atoms with Crippen LogP contribution in [0.1, 0.15) is 50.0 Å². The summed E-state index contributed by atoms with van der Waals surface area (Å²) in [7, 11) is 1.34. The Morgan fingerprint density at radius 3 is 2.36 bits per heavy atom. The van der Waals surface area contributed by atoms with Gasteiger partial charge in [-0.2, -0.15) is 0 Å². The van der Waals surface area contributed by atoms with Gasteiger partial charge in [-0.3, -0.25) is 14.4 Å². The van der Waals surface area contributed by atoms with Crippen LogP contribution in [0.25, 0.3) is 0 Å². The van der Waals surface area contributed by atoms with Gasteiger partial charge in [0.1, 0.15) is 24.4 Å². The van der Waals surface area contributed by atoms with Crippen LogP contribution in [-0.4, -0.2) is 75.3 Å². The smallest absolute Gasteiger partial charge is 0.305 e. The first-order valence-electron chi connectivity index (χ1n) is 14.3. The van der Waals surface area contributed by atoms with E-state index < -0.39 is 36.9 Å². The number of fused-ring (bicyclic) bond motifs is 1. The van der Waals surface area contributed by atoms with Crippen LogP contribution in [-0.2, 0) is 49.4 Å². The molecule has 2 amide bonds. The van der Waals surface area contributed by atoms with Gasteiger partial charge in [0.25, 0.3) is 0 Å². The van der Waals surface area contributed by atoms with Crippen LogP contribution in [0.4, 0.5) is 0 Å². The minimum atomic E-state index is -0.867. The van der Waals surface area contributed by atoms with Gasteiger partial charge in [0.2, 0.25) is 11.8 Å². The summed E-state index contributed by atoms with van der Waals surface area (Å²) in [4.78, 5) is 35.7. The van der Waals surface area contributed by atoms with Crippen molar-refractivity contribution in [2.75, 3.05) is 26.9 Å². The molecule has 2 heterocycles. The second-order valence-corrected chi connectivity index (χ2v) is 10.2. The molecule has 0 saturated carbocycles. The van der Waals surface area contributed by atoms with Gasteiger partial charge < -0.3 is 39.1 Å². The molecule has 0 aliphatic carbocycles. The molecule has 2 aliphatic rings. The van der Waals surface area contributed by atoms with Crippen molar-refractivity contribution in [3.63, 3.8) is 0 Å². The number of carbonyl (C=O) groups is 3. The lowest BCUT2D eigenvalue weighted by atomic mass is 9.95. The van der Waals surface area contributed by atoms with Crippen LogP contribution in [0.15, 0.2) is 60.7 Å². The largest absolute Gasteiger partial charge is 0.469 e. The van der Waals surface area contributed by atoms with Gasteiger partial charge in [0.15, 0.2) is 12.6 Å². The highest BCUT2D eigenvalue weighted by Gasteiger charge is 2.51. The zero-order chi connectivity index (χ0) is 29.7. The summed E-state index contributed by atoms with van der Waals surface area (Å²) in [5.41, 5.74) is 1.84. The van der Waals surface area contributed by atoms with Crippen LogP contribution >= 0.6 is 0 Å². The summed E-state index contributed by atoms with van der Waals surface area (Å²) in [5.74, 6) is -0.699. The van der Waals surface area contributed by atoms with Gasteiger partial charge in [-0.25, -0.2) is 0 Å². The van der Waals surface area contributed by atoms with Crippen LogP contribution < -0.4 is 10.6 Å². The van der Waals surface area contributed by atoms with E-state index in [2.05, 4.69) is 15.4 Å². The molecule has 2 N–H and O–H groups in total. The van der Waals surface area contributed by atoms with Crippen molar-refractivity contribution < 1.29 is 42.8 Å². The van der Waals surface area contributed by atoms with Gasteiger partial charge in [0.05, 0.1) is 26.9 Å². The molecule has 2 fully saturated rings. The lowest BCUT2D eigenvalue weighted by Crippen LogP contribution is -2.67. The fourth-order valence-electron chi connectivity index (χ4n) is 4.96. The number of unbranched alkanes of at least 4 members (excludes halogenated alkanes) is 1. The molecule has 4 rings (SSSR count). The average Bonchev–Trinajstić information content (AvgIpc) is 3.01. The van der Waals surface area contributed by atoms with Crippen molar-refractivity contribution >= 4 is 17.8 Å². The van der Waals surface area contributed by atoms with Crippen LogP contribution in [0.3, 0.4) is 0 Å². The summed E-state index contributed by atoms with van der Waals surface area (Å²) in [5, 5.41) is 5.76. The summed E-state index contributed by atoms with van der Waals surface area (Å²) < 4.78 is 35.8. The maximum atomic E-state index is 12.3. The van der Waals surface area contributed by atoms with Crippen molar-refractivity contribution in [2.24, 2.45) is 0 Å². The summed E-state index contributed by atoms with van der Waals surface area (Å²) >= 11 is 0. The summed E-state index contributed by atoms with van der Waals surface area (Å²) in [6.45, 7) is 2.35. The molecule has 11 heteroatoms. The van der Waals surface area contributed by atoms with Crippen molar-refractivity contribution in [1.29, 1.82) is 0 Å². The van der Waals surface area contributed by atoms with Crippen LogP contribution in [0, 0.1) is 0 Å². The van der Waals surface area contributed by atoms with Gasteiger partial charge in [-0.15, -0.1) is 0 Å². The van der Waals surface area contributed by atoms with E-state index in [1.54, 1.807) is 0 Å². The third-order valence-electron chi connectivity index (χ3n) is 7.03. The van der Waals surface area contributed by atoms with E-state index in [4.69, 9.17) is 23.7 Å². The Morgan fingerprint density at radius 2 is 1.64 bits per heavy atom. The highest BCUT2D eigenvalue weighted by atomic mass is 16.7. The predicted octanol–water partition coefficient (Wildman–Crippen LogP) is 2.78. The fraction of sp³-hybridized carbons (Fsp3) is 0.516. The molecule has 2 aromatic carbocycles. The molecule has 0 bridgehead atoms. The van der Waals surface area contributed by atoms with Gasteiger partial charge in [-0.1, -0.05) is 60.7 Å². The molecule has 2 saturated heterocycles. The van der Waals surface area contributed by atoms with E-state index in [0.29, 0.717) is 25.9 Å². The van der Waals surface area contributed by atoms with Crippen LogP contribution in [0.5, 0.6) is 0 Å². The topological polar surface area (TPSA) is 131 Å². The monoisotopic (exact) mass is 584 g/mol. The summed E-state index contributed by atoms with van der Waals surface area (Å²) in [6, 6.07) is 18.7. The van der Waals surface area contributed by atoms with Crippen molar-refractivity contribution in [1.82, 2.24) is 10.6 Å². The third-order valence-corrected chi connectivity index (χ3v) is 7.03. The summed E-state index contributed by atoms with van der Waals surface area (Å²) in [6.07, 6.45) is -1.42. The lowest BCUT2D eigenvalue weighted by molar-refractivity contribution is -0.349. The van der Waals surface area contributed by atoms with E-state index in [1.165, 1.54) is 14.0 Å². The molecule has 0 spiro atoms. The standard InChI is InChI=1S/C31H40N2O9/c1-21(34)33-27-29(39-19-22-11-5-3-6-12-22)28-24(20-40-30(42-28)23-13-7-4-8-14-23)41-31(27)38-18-17-32-25(35)15-9-10-16-26(36)37-2/h3-8,11-14,24,27-31H,9-10,15-20H2,1-2H3,(H,32,35)(H,33,34)/t24-,27-,28+,29-,30?,31+/m1/s1. The highest BCUT2D eigenvalue weighted by molar-refractivity contribution is 5.76. The van der Waals surface area contributed by atoms with E-state index >= 15 is 0 Å². The highest BCUT2D eigenvalue weighted by Crippen LogP contribution is 2.36. The normalized spacial score (nSPS) is 25.2. The molecule has 2 aliphatic heterocycles. The molecule has 0 aromatic heterocycles. The number of amides is 2.